The van der Waals surface area contributed by atoms with Crippen LogP contribution < -0.4 is 0 Å². The summed E-state index contributed by atoms with van der Waals surface area (Å²) in [5.74, 6) is 0.877. The van der Waals surface area contributed by atoms with Crippen molar-refractivity contribution < 1.29 is 0 Å². The Labute approximate surface area is 120 Å². The fourth-order valence-corrected chi connectivity index (χ4v) is 2.18. The smallest absolute Gasteiger partial charge is 0.107 e. The van der Waals surface area contributed by atoms with Gasteiger partial charge in [-0.1, -0.05) is 32.9 Å². The fourth-order valence-electron chi connectivity index (χ4n) is 2.18. The van der Waals surface area contributed by atoms with E-state index in [1.54, 1.807) is 0 Å². The van der Waals surface area contributed by atoms with E-state index in [4.69, 9.17) is 5.26 Å². The molecule has 0 unspecified atom stereocenters. The second kappa shape index (κ2) is 5.50. The number of rotatable bonds is 3. The molecule has 0 aliphatic rings. The van der Waals surface area contributed by atoms with Crippen molar-refractivity contribution in [1.82, 2.24) is 9.97 Å². The van der Waals surface area contributed by atoms with Gasteiger partial charge in [0.15, 0.2) is 0 Å². The summed E-state index contributed by atoms with van der Waals surface area (Å²) in [5.41, 5.74) is 4.89. The maximum absolute atomic E-state index is 8.63. The Morgan fingerprint density at radius 1 is 1.30 bits per heavy atom. The van der Waals surface area contributed by atoms with Crippen LogP contribution in [0.4, 0.5) is 0 Å². The summed E-state index contributed by atoms with van der Waals surface area (Å²) in [6.07, 6.45) is 3.03. The molecule has 2 aromatic rings. The number of hydrogen-bond donors (Lipinski definition) is 1. The summed E-state index contributed by atoms with van der Waals surface area (Å²) in [6, 6.07) is 8.72. The first-order chi connectivity index (χ1) is 9.41. The molecule has 0 saturated carbocycles. The van der Waals surface area contributed by atoms with Crippen LogP contribution in [0.2, 0.25) is 0 Å². The Kier molecular flexibility index (Phi) is 3.94. The van der Waals surface area contributed by atoms with E-state index in [9.17, 15) is 0 Å². The number of nitriles is 1. The number of aryl methyl sites for hydroxylation is 2. The molecule has 0 fully saturated rings. The number of imidazole rings is 1. The summed E-state index contributed by atoms with van der Waals surface area (Å²) < 4.78 is 0. The predicted octanol–water partition coefficient (Wildman–Crippen LogP) is 4.14. The number of aromatic amines is 1. The van der Waals surface area contributed by atoms with Crippen molar-refractivity contribution in [2.24, 2.45) is 0 Å². The molecule has 104 valence electrons. The van der Waals surface area contributed by atoms with E-state index < -0.39 is 0 Å². The first-order valence-corrected chi connectivity index (χ1v) is 6.94. The number of hydrogen-bond acceptors (Lipinski definition) is 2. The van der Waals surface area contributed by atoms with Crippen molar-refractivity contribution in [3.63, 3.8) is 0 Å². The summed E-state index contributed by atoms with van der Waals surface area (Å²) in [6.45, 7) is 8.75. The van der Waals surface area contributed by atoms with E-state index in [1.807, 2.05) is 6.20 Å². The monoisotopic (exact) mass is 267 g/mol. The van der Waals surface area contributed by atoms with Crippen molar-refractivity contribution in [2.75, 3.05) is 0 Å². The molecule has 3 nitrogen and oxygen atoms in total. The van der Waals surface area contributed by atoms with Gasteiger partial charge in [0, 0.05) is 18.4 Å². The molecule has 0 saturated heterocycles. The molecule has 0 atom stereocenters. The molecule has 0 aliphatic heterocycles. The maximum Gasteiger partial charge on any atom is 0.107 e. The third kappa shape index (κ3) is 3.08. The minimum atomic E-state index is 0.131. The van der Waals surface area contributed by atoms with E-state index in [1.165, 1.54) is 16.7 Å². The normalized spacial score (nSPS) is 11.3. The minimum Gasteiger partial charge on any atom is -0.342 e. The highest BCUT2D eigenvalue weighted by Gasteiger charge is 2.16. The molecule has 1 aromatic heterocycles. The number of aromatic nitrogens is 2. The van der Waals surface area contributed by atoms with Crippen LogP contribution in [0, 0.1) is 18.3 Å². The van der Waals surface area contributed by atoms with Crippen LogP contribution in [-0.4, -0.2) is 9.97 Å². The van der Waals surface area contributed by atoms with Crippen LogP contribution in [0.15, 0.2) is 24.4 Å². The maximum atomic E-state index is 8.63. The second-order valence-electron chi connectivity index (χ2n) is 6.18. The van der Waals surface area contributed by atoms with Crippen LogP contribution >= 0.6 is 0 Å². The molecule has 2 rings (SSSR count). The van der Waals surface area contributed by atoms with Crippen LogP contribution in [0.5, 0.6) is 0 Å². The van der Waals surface area contributed by atoms with E-state index in [-0.39, 0.29) is 5.41 Å². The highest BCUT2D eigenvalue weighted by molar-refractivity contribution is 5.64. The number of nitrogens with zero attached hydrogens (tertiary/aromatic N) is 2. The highest BCUT2D eigenvalue weighted by atomic mass is 14.9. The number of benzene rings is 1. The lowest BCUT2D eigenvalue weighted by atomic mass is 9.85. The van der Waals surface area contributed by atoms with Gasteiger partial charge >= 0.3 is 0 Å². The Balaban J connectivity index is 2.37. The van der Waals surface area contributed by atoms with Crippen molar-refractivity contribution in [3.05, 3.63) is 41.3 Å². The highest BCUT2D eigenvalue weighted by Crippen LogP contribution is 2.29. The lowest BCUT2D eigenvalue weighted by Crippen LogP contribution is -2.11. The Morgan fingerprint density at radius 3 is 2.70 bits per heavy atom. The quantitative estimate of drug-likeness (QED) is 0.908. The molecule has 1 heterocycles. The second-order valence-corrected chi connectivity index (χ2v) is 6.18. The average Bonchev–Trinajstić information content (AvgIpc) is 2.84. The van der Waals surface area contributed by atoms with Gasteiger partial charge in [0.25, 0.3) is 0 Å². The van der Waals surface area contributed by atoms with Crippen LogP contribution in [0.3, 0.4) is 0 Å². The predicted molar refractivity (Wildman–Crippen MR) is 81.4 cm³/mol. The van der Waals surface area contributed by atoms with Gasteiger partial charge in [0.1, 0.15) is 5.82 Å². The van der Waals surface area contributed by atoms with Gasteiger partial charge in [0.05, 0.1) is 18.0 Å². The number of H-pyrrole nitrogens is 1. The standard InChI is InChI=1S/C17H21N3/c1-12-7-8-13(17(2,3)4)10-14(12)15-11-19-16(20-15)6-5-9-18/h7-8,10-11H,5-6H2,1-4H3,(H,19,20). The molecule has 0 aliphatic carbocycles. The van der Waals surface area contributed by atoms with Crippen molar-refractivity contribution in [1.29, 1.82) is 5.26 Å². The van der Waals surface area contributed by atoms with Gasteiger partial charge in [-0.3, -0.25) is 0 Å². The minimum absolute atomic E-state index is 0.131. The summed E-state index contributed by atoms with van der Waals surface area (Å²) in [7, 11) is 0. The molecule has 0 spiro atoms. The van der Waals surface area contributed by atoms with E-state index in [0.29, 0.717) is 12.8 Å². The molecule has 1 N–H and O–H groups in total. The summed E-state index contributed by atoms with van der Waals surface area (Å²) in [4.78, 5) is 7.68. The molecule has 0 amide bonds. The van der Waals surface area contributed by atoms with Crippen LogP contribution in [-0.2, 0) is 11.8 Å². The molecular formula is C17H21N3. The topological polar surface area (TPSA) is 52.5 Å². The third-order valence-electron chi connectivity index (χ3n) is 3.50. The largest absolute Gasteiger partial charge is 0.342 e. The molecule has 1 aromatic carbocycles. The zero-order valence-electron chi connectivity index (χ0n) is 12.6. The SMILES string of the molecule is Cc1ccc(C(C)(C)C)cc1-c1cnc(CCC#N)[nH]1. The van der Waals surface area contributed by atoms with Gasteiger partial charge in [-0.05, 0) is 29.5 Å². The van der Waals surface area contributed by atoms with Crippen LogP contribution in [0.1, 0.15) is 44.1 Å². The molecule has 20 heavy (non-hydrogen) atoms. The molecule has 3 heteroatoms. The van der Waals surface area contributed by atoms with Gasteiger partial charge in [-0.25, -0.2) is 4.98 Å². The van der Waals surface area contributed by atoms with Crippen molar-refractivity contribution in [3.8, 4) is 17.3 Å². The van der Waals surface area contributed by atoms with E-state index in [2.05, 4.69) is 61.9 Å². The van der Waals surface area contributed by atoms with Gasteiger partial charge in [-0.15, -0.1) is 0 Å². The first-order valence-electron chi connectivity index (χ1n) is 6.94. The van der Waals surface area contributed by atoms with Crippen molar-refractivity contribution >= 4 is 0 Å². The zero-order chi connectivity index (χ0) is 14.8. The van der Waals surface area contributed by atoms with Gasteiger partial charge < -0.3 is 4.98 Å². The molecular weight excluding hydrogens is 246 g/mol. The summed E-state index contributed by atoms with van der Waals surface area (Å²) >= 11 is 0. The molecule has 0 bridgehead atoms. The van der Waals surface area contributed by atoms with E-state index in [0.717, 1.165) is 11.5 Å². The Bertz CT molecular complexity index is 639. The Hall–Kier alpha value is -2.08. The summed E-state index contributed by atoms with van der Waals surface area (Å²) in [5, 5.41) is 8.63. The van der Waals surface area contributed by atoms with Gasteiger partial charge in [-0.2, -0.15) is 5.26 Å². The molecule has 0 radical (unpaired) electrons. The number of nitrogens with one attached hydrogen (secondary N) is 1. The van der Waals surface area contributed by atoms with Gasteiger partial charge in [0.2, 0.25) is 0 Å². The fraction of sp³-hybridized carbons (Fsp3) is 0.412. The first kappa shape index (κ1) is 14.3. The Morgan fingerprint density at radius 2 is 2.05 bits per heavy atom. The van der Waals surface area contributed by atoms with Crippen LogP contribution in [0.25, 0.3) is 11.3 Å². The average molecular weight is 267 g/mol. The third-order valence-corrected chi connectivity index (χ3v) is 3.50. The van der Waals surface area contributed by atoms with E-state index >= 15 is 0 Å². The van der Waals surface area contributed by atoms with Crippen molar-refractivity contribution in [2.45, 2.75) is 46.0 Å². The lowest BCUT2D eigenvalue weighted by molar-refractivity contribution is 0.590. The lowest BCUT2D eigenvalue weighted by Gasteiger charge is -2.20. The zero-order valence-corrected chi connectivity index (χ0v) is 12.6.